The maximum Gasteiger partial charge on any atom is 0.221 e. The van der Waals surface area contributed by atoms with Crippen LogP contribution in [0.5, 0.6) is 0 Å². The zero-order chi connectivity index (χ0) is 28.3. The number of carbonyl (C=O) groups is 1. The van der Waals surface area contributed by atoms with E-state index in [1.54, 1.807) is 6.08 Å². The van der Waals surface area contributed by atoms with Crippen LogP contribution in [0.25, 0.3) is 0 Å². The van der Waals surface area contributed by atoms with Crippen LogP contribution in [0.2, 0.25) is 0 Å². The number of ether oxygens (including phenoxy) is 1. The molecule has 4 rings (SSSR count). The van der Waals surface area contributed by atoms with Gasteiger partial charge in [0, 0.05) is 34.6 Å². The molecule has 1 N–H and O–H groups in total. The monoisotopic (exact) mass is 523 g/mol. The summed E-state index contributed by atoms with van der Waals surface area (Å²) in [5.74, 6) is -0.0669. The van der Waals surface area contributed by atoms with Crippen molar-refractivity contribution in [2.75, 3.05) is 11.9 Å². The Hall–Kier alpha value is -4.35. The molecule has 39 heavy (non-hydrogen) atoms. The van der Waals surface area contributed by atoms with E-state index in [2.05, 4.69) is 103 Å². The Morgan fingerprint density at radius 1 is 0.769 bits per heavy atom. The lowest BCUT2D eigenvalue weighted by molar-refractivity contribution is -0.114. The summed E-state index contributed by atoms with van der Waals surface area (Å²) in [5, 5.41) is 2.79. The van der Waals surface area contributed by atoms with Crippen LogP contribution < -0.4 is 5.32 Å². The van der Waals surface area contributed by atoms with E-state index >= 15 is 0 Å². The molecule has 0 unspecified atom stereocenters. The van der Waals surface area contributed by atoms with Crippen LogP contribution in [-0.4, -0.2) is 12.5 Å². The number of anilines is 1. The van der Waals surface area contributed by atoms with Gasteiger partial charge in [-0.1, -0.05) is 109 Å². The number of carbonyl (C=O) groups excluding carboxylic acids is 1. The number of hydrogen-bond acceptors (Lipinski definition) is 4. The van der Waals surface area contributed by atoms with Crippen molar-refractivity contribution in [3.05, 3.63) is 160 Å². The molecule has 5 heteroatoms. The normalized spacial score (nSPS) is 10.2. The molecule has 4 aromatic rings. The third-order valence-electron chi connectivity index (χ3n) is 6.18. The van der Waals surface area contributed by atoms with Crippen molar-refractivity contribution in [2.24, 2.45) is 0 Å². The molecule has 0 heterocycles. The first-order chi connectivity index (χ1) is 19.1. The van der Waals surface area contributed by atoms with Crippen LogP contribution in [0, 0.1) is 9.93 Å². The molecule has 0 aliphatic heterocycles. The first-order valence-electron chi connectivity index (χ1n) is 12.9. The van der Waals surface area contributed by atoms with Crippen LogP contribution in [0.15, 0.2) is 128 Å². The maximum atomic E-state index is 11.2. The van der Waals surface area contributed by atoms with Crippen LogP contribution in [0.1, 0.15) is 48.9 Å². The van der Waals surface area contributed by atoms with Gasteiger partial charge in [-0.15, -0.1) is 6.58 Å². The summed E-state index contributed by atoms with van der Waals surface area (Å²) >= 11 is 0. The minimum Gasteiger partial charge on any atom is -0.377 e. The molecule has 0 atom stereocenters. The first kappa shape index (κ1) is 30.9. The van der Waals surface area contributed by atoms with Gasteiger partial charge in [0.1, 0.15) is 0 Å². The molecule has 0 spiro atoms. The Kier molecular flexibility index (Phi) is 13.6. The number of hydrogen-bond donors (Lipinski definition) is 1. The van der Waals surface area contributed by atoms with Gasteiger partial charge in [-0.3, -0.25) is 4.79 Å². The third kappa shape index (κ3) is 9.16. The van der Waals surface area contributed by atoms with E-state index in [4.69, 9.17) is 14.7 Å². The fourth-order valence-corrected chi connectivity index (χ4v) is 4.62. The quantitative estimate of drug-likeness (QED) is 0.129. The summed E-state index contributed by atoms with van der Waals surface area (Å²) < 4.78 is 6.06. The molecule has 5 nitrogen and oxygen atoms in total. The van der Waals surface area contributed by atoms with Crippen LogP contribution in [0.4, 0.5) is 5.69 Å². The first-order valence-corrected chi connectivity index (χ1v) is 12.9. The van der Waals surface area contributed by atoms with E-state index in [0.717, 1.165) is 24.1 Å². The predicted molar refractivity (Wildman–Crippen MR) is 161 cm³/mol. The average Bonchev–Trinajstić information content (AvgIpc) is 2.98. The van der Waals surface area contributed by atoms with Gasteiger partial charge in [-0.2, -0.15) is 0 Å². The molecule has 0 fully saturated rings. The van der Waals surface area contributed by atoms with E-state index in [0.29, 0.717) is 13.2 Å². The Labute approximate surface area is 231 Å². The van der Waals surface area contributed by atoms with Gasteiger partial charge >= 0.3 is 0 Å². The molecule has 0 aliphatic rings. The van der Waals surface area contributed by atoms with Gasteiger partial charge < -0.3 is 10.1 Å². The average molecular weight is 524 g/mol. The van der Waals surface area contributed by atoms with Crippen molar-refractivity contribution < 1.29 is 9.53 Å². The lowest BCUT2D eigenvalue weighted by atomic mass is 9.67. The highest BCUT2D eigenvalue weighted by molar-refractivity contribution is 5.88. The second kappa shape index (κ2) is 17.2. The third-order valence-corrected chi connectivity index (χ3v) is 6.18. The number of rotatable bonds is 10. The highest BCUT2D eigenvalue weighted by atomic mass is 16.7. The topological polar surface area (TPSA) is 72.5 Å². The molecule has 0 aliphatic carbocycles. The molecule has 0 aromatic heterocycles. The molecule has 1 amide bonds. The van der Waals surface area contributed by atoms with E-state index in [1.165, 1.54) is 23.6 Å². The zero-order valence-electron chi connectivity index (χ0n) is 22.7. The Morgan fingerprint density at radius 3 is 1.56 bits per heavy atom. The van der Waals surface area contributed by atoms with Gasteiger partial charge in [-0.25, -0.2) is 0 Å². The van der Waals surface area contributed by atoms with Gasteiger partial charge in [0.15, 0.2) is 0 Å². The minimum absolute atomic E-state index is 0.0669. The predicted octanol–water partition coefficient (Wildman–Crippen LogP) is 8.24. The number of amides is 1. The van der Waals surface area contributed by atoms with Gasteiger partial charge in [0.2, 0.25) is 5.91 Å². The number of nitrogens with one attached hydrogen (secondary N) is 1. The number of allylic oxidation sites excluding steroid dienone is 1. The summed E-state index contributed by atoms with van der Waals surface area (Å²) in [6.45, 7) is 7.98. The summed E-state index contributed by atoms with van der Waals surface area (Å²) in [5.41, 5.74) is 5.53. The largest absolute Gasteiger partial charge is 0.377 e. The molecule has 0 radical (unpaired) electrons. The maximum absolute atomic E-state index is 11.2. The lowest BCUT2D eigenvalue weighted by Gasteiger charge is -2.36. The summed E-state index contributed by atoms with van der Waals surface area (Å²) in [7, 11) is 0. The van der Waals surface area contributed by atoms with Gasteiger partial charge in [-0.05, 0) is 54.2 Å². The van der Waals surface area contributed by atoms with E-state index in [-0.39, 0.29) is 11.3 Å². The summed E-state index contributed by atoms with van der Waals surface area (Å²) in [6, 6.07) is 40.2. The molecule has 0 saturated heterocycles. The summed E-state index contributed by atoms with van der Waals surface area (Å²) in [6.07, 6.45) is 3.61. The van der Waals surface area contributed by atoms with Crippen molar-refractivity contribution in [3.63, 3.8) is 0 Å². The van der Waals surface area contributed by atoms with E-state index in [1.807, 2.05) is 31.2 Å². The van der Waals surface area contributed by atoms with Crippen molar-refractivity contribution in [1.29, 1.82) is 0 Å². The van der Waals surface area contributed by atoms with E-state index in [9.17, 15) is 4.79 Å². The molecular weight excluding hydrogens is 486 g/mol. The second-order valence-electron chi connectivity index (χ2n) is 8.95. The van der Waals surface area contributed by atoms with Gasteiger partial charge in [0.25, 0.3) is 0 Å². The minimum atomic E-state index is -0.243. The number of benzene rings is 4. The van der Waals surface area contributed by atoms with Crippen LogP contribution >= 0.6 is 0 Å². The van der Waals surface area contributed by atoms with Gasteiger partial charge in [0.05, 0.1) is 6.61 Å². The fourth-order valence-electron chi connectivity index (χ4n) is 4.62. The Bertz CT molecular complexity index is 1130. The highest BCUT2D eigenvalue weighted by Crippen LogP contribution is 2.43. The summed E-state index contributed by atoms with van der Waals surface area (Å²) in [4.78, 5) is 25.2. The Morgan fingerprint density at radius 2 is 1.18 bits per heavy atom. The SMILES string of the molecule is C=CC.CC(=O)Nc1ccc(COCCCC(c2ccccc2)(c2ccccc2)c2ccccc2)cc1.O=O. The molecular formula is C34H37NO4. The standard InChI is InChI=1S/C31H31NO2.C3H6.O2/c1-25(33)32-30-20-18-26(19-21-30)24-34-23-11-22-31(27-12-5-2-6-13-27,28-14-7-3-8-15-28)29-16-9-4-10-17-29;1-3-2;1-2/h2-10,12-21H,11,22-24H2,1H3,(H,32,33);3H,1H2,2H3;. The van der Waals surface area contributed by atoms with Crippen molar-refractivity contribution in [3.8, 4) is 0 Å². The lowest BCUT2D eigenvalue weighted by Crippen LogP contribution is -2.30. The van der Waals surface area contributed by atoms with Crippen molar-refractivity contribution >= 4 is 11.6 Å². The smallest absolute Gasteiger partial charge is 0.221 e. The van der Waals surface area contributed by atoms with Crippen LogP contribution in [-0.2, 0) is 21.6 Å². The van der Waals surface area contributed by atoms with Crippen LogP contribution in [0.3, 0.4) is 0 Å². The fraction of sp³-hybridized carbons (Fsp3) is 0.206. The molecule has 0 bridgehead atoms. The highest BCUT2D eigenvalue weighted by Gasteiger charge is 2.35. The van der Waals surface area contributed by atoms with E-state index < -0.39 is 0 Å². The van der Waals surface area contributed by atoms with Crippen molar-refractivity contribution in [1.82, 2.24) is 0 Å². The molecule has 202 valence electrons. The second-order valence-corrected chi connectivity index (χ2v) is 8.95. The Balaban J connectivity index is 0.000000998. The molecule has 0 saturated carbocycles. The molecule has 4 aromatic carbocycles. The van der Waals surface area contributed by atoms with Crippen molar-refractivity contribution in [2.45, 2.75) is 38.7 Å². The zero-order valence-corrected chi connectivity index (χ0v) is 22.7.